The molecule has 0 aromatic heterocycles. The Morgan fingerprint density at radius 1 is 1.38 bits per heavy atom. The van der Waals surface area contributed by atoms with Crippen molar-refractivity contribution in [3.8, 4) is 0 Å². The Kier molecular flexibility index (Phi) is 2.69. The second-order valence-corrected chi connectivity index (χ2v) is 4.46. The van der Waals surface area contributed by atoms with E-state index in [1.165, 1.54) is 23.5 Å². The van der Waals surface area contributed by atoms with Crippen molar-refractivity contribution in [1.29, 1.82) is 0 Å². The van der Waals surface area contributed by atoms with Crippen molar-refractivity contribution in [3.63, 3.8) is 0 Å². The van der Waals surface area contributed by atoms with Crippen LogP contribution in [0.5, 0.6) is 0 Å². The first-order valence-electron chi connectivity index (χ1n) is 4.53. The quantitative estimate of drug-likeness (QED) is 0.670. The van der Waals surface area contributed by atoms with Gasteiger partial charge in [-0.2, -0.15) is 11.8 Å². The summed E-state index contributed by atoms with van der Waals surface area (Å²) in [6, 6.07) is 7.94. The first-order valence-corrected chi connectivity index (χ1v) is 5.69. The second-order valence-electron chi connectivity index (χ2n) is 3.31. The Balaban J connectivity index is 2.31. The zero-order chi connectivity index (χ0) is 9.10. The normalized spacial score (nSPS) is 21.7. The fourth-order valence-electron chi connectivity index (χ4n) is 1.77. The van der Waals surface area contributed by atoms with Crippen LogP contribution in [0.4, 0.5) is 0 Å². The first-order chi connectivity index (χ1) is 6.42. The fraction of sp³-hybridized carbons (Fsp3) is 0.364. The van der Waals surface area contributed by atoms with E-state index < -0.39 is 0 Å². The summed E-state index contributed by atoms with van der Waals surface area (Å²) in [5.74, 6) is 3.01. The van der Waals surface area contributed by atoms with Gasteiger partial charge in [-0.05, 0) is 23.7 Å². The Labute approximate surface area is 82.5 Å². The number of thioether (sulfide) groups is 1. The van der Waals surface area contributed by atoms with E-state index in [4.69, 9.17) is 0 Å². The van der Waals surface area contributed by atoms with Gasteiger partial charge in [-0.15, -0.1) is 0 Å². The molecule has 1 atom stereocenters. The summed E-state index contributed by atoms with van der Waals surface area (Å²) in [5.41, 5.74) is 2.11. The summed E-state index contributed by atoms with van der Waals surface area (Å²) < 4.78 is 0. The molecule has 2 rings (SSSR count). The number of rotatable bonds is 2. The van der Waals surface area contributed by atoms with Crippen LogP contribution in [-0.2, 0) is 0 Å². The minimum Gasteiger partial charge on any atom is -0.298 e. The van der Waals surface area contributed by atoms with Gasteiger partial charge in [-0.1, -0.05) is 24.3 Å². The molecule has 1 heterocycles. The molecule has 0 bridgehead atoms. The number of aldehydes is 1. The maximum absolute atomic E-state index is 10.8. The Hall–Kier alpha value is -0.760. The van der Waals surface area contributed by atoms with Gasteiger partial charge in [0.25, 0.3) is 0 Å². The van der Waals surface area contributed by atoms with Gasteiger partial charge in [0.1, 0.15) is 6.29 Å². The zero-order valence-electron chi connectivity index (χ0n) is 7.40. The molecule has 1 fully saturated rings. The molecule has 13 heavy (non-hydrogen) atoms. The molecule has 1 unspecified atom stereocenters. The Bertz CT molecular complexity index is 303. The Morgan fingerprint density at radius 2 is 2.23 bits per heavy atom. The Morgan fingerprint density at radius 3 is 2.92 bits per heavy atom. The van der Waals surface area contributed by atoms with E-state index in [-0.39, 0.29) is 0 Å². The summed E-state index contributed by atoms with van der Waals surface area (Å²) >= 11 is 1.98. The summed E-state index contributed by atoms with van der Waals surface area (Å²) in [5, 5.41) is 0. The summed E-state index contributed by atoms with van der Waals surface area (Å²) in [6.45, 7) is 0. The molecule has 0 N–H and O–H groups in total. The standard InChI is InChI=1S/C11H12OS/c12-7-9-3-1-2-4-11(9)10-5-6-13-8-10/h1-4,7,10H,5-6,8H2. The molecule has 1 aromatic rings. The molecule has 1 aliphatic rings. The summed E-state index contributed by atoms with van der Waals surface area (Å²) in [4.78, 5) is 10.8. The average Bonchev–Trinajstić information content (AvgIpc) is 2.70. The van der Waals surface area contributed by atoms with Gasteiger partial charge in [0, 0.05) is 11.3 Å². The highest BCUT2D eigenvalue weighted by atomic mass is 32.2. The lowest BCUT2D eigenvalue weighted by Gasteiger charge is -2.10. The van der Waals surface area contributed by atoms with Crippen LogP contribution in [0.15, 0.2) is 24.3 Å². The van der Waals surface area contributed by atoms with Gasteiger partial charge in [0.15, 0.2) is 0 Å². The van der Waals surface area contributed by atoms with Crippen LogP contribution in [0.25, 0.3) is 0 Å². The van der Waals surface area contributed by atoms with Crippen molar-refractivity contribution in [3.05, 3.63) is 35.4 Å². The highest BCUT2D eigenvalue weighted by Gasteiger charge is 2.19. The molecule has 0 amide bonds. The van der Waals surface area contributed by atoms with Crippen molar-refractivity contribution in [1.82, 2.24) is 0 Å². The van der Waals surface area contributed by atoms with Crippen molar-refractivity contribution < 1.29 is 4.79 Å². The SMILES string of the molecule is O=Cc1ccccc1C1CCSC1. The second kappa shape index (κ2) is 3.97. The van der Waals surface area contributed by atoms with Crippen molar-refractivity contribution in [2.45, 2.75) is 12.3 Å². The van der Waals surface area contributed by atoms with Gasteiger partial charge in [-0.3, -0.25) is 4.79 Å². The molecule has 0 spiro atoms. The first kappa shape index (κ1) is 8.82. The van der Waals surface area contributed by atoms with Gasteiger partial charge < -0.3 is 0 Å². The summed E-state index contributed by atoms with van der Waals surface area (Å²) in [7, 11) is 0. The molecule has 0 aliphatic carbocycles. The van der Waals surface area contributed by atoms with E-state index in [0.717, 1.165) is 11.8 Å². The third-order valence-electron chi connectivity index (χ3n) is 2.49. The lowest BCUT2D eigenvalue weighted by molar-refractivity contribution is 0.112. The minimum absolute atomic E-state index is 0.603. The number of hydrogen-bond donors (Lipinski definition) is 0. The van der Waals surface area contributed by atoms with Crippen LogP contribution < -0.4 is 0 Å². The van der Waals surface area contributed by atoms with Crippen LogP contribution >= 0.6 is 11.8 Å². The number of benzene rings is 1. The van der Waals surface area contributed by atoms with Crippen LogP contribution in [0, 0.1) is 0 Å². The highest BCUT2D eigenvalue weighted by Crippen LogP contribution is 2.33. The van der Waals surface area contributed by atoms with Gasteiger partial charge >= 0.3 is 0 Å². The van der Waals surface area contributed by atoms with Crippen LogP contribution in [0.3, 0.4) is 0 Å². The lowest BCUT2D eigenvalue weighted by atomic mass is 9.94. The average molecular weight is 192 g/mol. The van der Waals surface area contributed by atoms with Crippen LogP contribution in [-0.4, -0.2) is 17.8 Å². The largest absolute Gasteiger partial charge is 0.298 e. The molecule has 0 radical (unpaired) electrons. The van der Waals surface area contributed by atoms with E-state index in [1.54, 1.807) is 0 Å². The number of carbonyl (C=O) groups is 1. The van der Waals surface area contributed by atoms with E-state index in [0.29, 0.717) is 5.92 Å². The number of carbonyl (C=O) groups excluding carboxylic acids is 1. The van der Waals surface area contributed by atoms with Crippen molar-refractivity contribution >= 4 is 18.0 Å². The molecular weight excluding hydrogens is 180 g/mol. The smallest absolute Gasteiger partial charge is 0.150 e. The third-order valence-corrected chi connectivity index (χ3v) is 3.65. The van der Waals surface area contributed by atoms with E-state index in [2.05, 4.69) is 6.07 Å². The fourth-order valence-corrected chi connectivity index (χ4v) is 3.02. The minimum atomic E-state index is 0.603. The molecule has 1 aromatic carbocycles. The lowest BCUT2D eigenvalue weighted by Crippen LogP contribution is -2.00. The topological polar surface area (TPSA) is 17.1 Å². The summed E-state index contributed by atoms with van der Waals surface area (Å²) in [6.07, 6.45) is 2.19. The highest BCUT2D eigenvalue weighted by molar-refractivity contribution is 7.99. The third kappa shape index (κ3) is 1.78. The molecule has 0 saturated carbocycles. The van der Waals surface area contributed by atoms with E-state index >= 15 is 0 Å². The molecule has 1 nitrogen and oxygen atoms in total. The maximum atomic E-state index is 10.8. The molecular formula is C11H12OS. The van der Waals surface area contributed by atoms with Gasteiger partial charge in [-0.25, -0.2) is 0 Å². The number of hydrogen-bond acceptors (Lipinski definition) is 2. The van der Waals surface area contributed by atoms with Crippen molar-refractivity contribution in [2.24, 2.45) is 0 Å². The van der Waals surface area contributed by atoms with E-state index in [1.807, 2.05) is 30.0 Å². The molecule has 68 valence electrons. The monoisotopic (exact) mass is 192 g/mol. The molecule has 1 saturated heterocycles. The van der Waals surface area contributed by atoms with Gasteiger partial charge in [0.2, 0.25) is 0 Å². The van der Waals surface area contributed by atoms with Crippen molar-refractivity contribution in [2.75, 3.05) is 11.5 Å². The van der Waals surface area contributed by atoms with Crippen LogP contribution in [0.1, 0.15) is 28.3 Å². The zero-order valence-corrected chi connectivity index (χ0v) is 8.22. The van der Waals surface area contributed by atoms with Crippen LogP contribution in [0.2, 0.25) is 0 Å². The molecule has 1 aliphatic heterocycles. The van der Waals surface area contributed by atoms with E-state index in [9.17, 15) is 4.79 Å². The van der Waals surface area contributed by atoms with Gasteiger partial charge in [0.05, 0.1) is 0 Å². The maximum Gasteiger partial charge on any atom is 0.150 e. The predicted molar refractivity (Wildman–Crippen MR) is 56.5 cm³/mol. The predicted octanol–water partition coefficient (Wildman–Crippen LogP) is 2.72. The molecule has 2 heteroatoms.